The number of aromatic nitrogens is 2. The van der Waals surface area contributed by atoms with Gasteiger partial charge in [-0.2, -0.15) is 0 Å². The number of carbonyl (C=O) groups excluding carboxylic acids is 1. The zero-order chi connectivity index (χ0) is 14.5. The summed E-state index contributed by atoms with van der Waals surface area (Å²) in [6.45, 7) is 0.494. The van der Waals surface area contributed by atoms with Crippen LogP contribution in [0.15, 0.2) is 36.5 Å². The topological polar surface area (TPSA) is 84.1 Å². The number of carbonyl (C=O) groups is 1. The quantitative estimate of drug-likeness (QED) is 0.855. The summed E-state index contributed by atoms with van der Waals surface area (Å²) in [5.74, 6) is 0.192. The highest BCUT2D eigenvalue weighted by Crippen LogP contribution is 2.15. The van der Waals surface area contributed by atoms with Crippen molar-refractivity contribution in [3.8, 4) is 0 Å². The van der Waals surface area contributed by atoms with E-state index in [0.717, 1.165) is 5.69 Å². The van der Waals surface area contributed by atoms with Crippen molar-refractivity contribution in [2.75, 3.05) is 24.3 Å². The third-order valence-electron chi connectivity index (χ3n) is 2.75. The van der Waals surface area contributed by atoms with Gasteiger partial charge in [-0.3, -0.25) is 4.79 Å². The Morgan fingerprint density at radius 1 is 1.30 bits per heavy atom. The fourth-order valence-electron chi connectivity index (χ4n) is 1.74. The number of benzene rings is 1. The normalized spacial score (nSPS) is 10.1. The predicted octanol–water partition coefficient (Wildman–Crippen LogP) is 1.25. The molecule has 0 fully saturated rings. The molecule has 3 N–H and O–H groups in total. The number of nitrogens with zero attached hydrogens (tertiary/aromatic N) is 3. The molecule has 0 aliphatic heterocycles. The Hall–Kier alpha value is -2.63. The average Bonchev–Trinajstić information content (AvgIpc) is 2.45. The number of hydrogen-bond donors (Lipinski definition) is 2. The minimum absolute atomic E-state index is 0.454. The van der Waals surface area contributed by atoms with E-state index in [9.17, 15) is 4.79 Å². The summed E-state index contributed by atoms with van der Waals surface area (Å²) < 4.78 is 0. The Morgan fingerprint density at radius 2 is 2.05 bits per heavy atom. The number of rotatable bonds is 5. The van der Waals surface area contributed by atoms with Crippen molar-refractivity contribution >= 4 is 17.5 Å². The Labute approximate surface area is 117 Å². The van der Waals surface area contributed by atoms with Crippen LogP contribution in [0.5, 0.6) is 0 Å². The Bertz CT molecular complexity index is 612. The van der Waals surface area contributed by atoms with Gasteiger partial charge >= 0.3 is 0 Å². The van der Waals surface area contributed by atoms with Crippen molar-refractivity contribution in [3.05, 3.63) is 47.8 Å². The molecular formula is C14H17N5O. The fraction of sp³-hybridized carbons (Fsp3) is 0.214. The number of nitrogens with one attached hydrogen (secondary N) is 1. The summed E-state index contributed by atoms with van der Waals surface area (Å²) in [6.07, 6.45) is 1.71. The lowest BCUT2D eigenvalue weighted by molar-refractivity contribution is 0.100. The van der Waals surface area contributed by atoms with Gasteiger partial charge in [0.1, 0.15) is 0 Å². The minimum Gasteiger partial charge on any atom is -0.379 e. The number of para-hydroxylation sites is 1. The molecule has 0 atom stereocenters. The van der Waals surface area contributed by atoms with Gasteiger partial charge in [0.15, 0.2) is 0 Å². The van der Waals surface area contributed by atoms with Crippen LogP contribution in [0.2, 0.25) is 0 Å². The van der Waals surface area contributed by atoms with Crippen molar-refractivity contribution in [3.63, 3.8) is 0 Å². The van der Waals surface area contributed by atoms with E-state index in [1.165, 1.54) is 0 Å². The maximum Gasteiger partial charge on any atom is 0.250 e. The Kier molecular flexibility index (Phi) is 4.14. The lowest BCUT2D eigenvalue weighted by atomic mass is 10.1. The van der Waals surface area contributed by atoms with Crippen LogP contribution in [0.25, 0.3) is 0 Å². The molecule has 0 saturated carbocycles. The molecule has 1 heterocycles. The molecule has 0 spiro atoms. The maximum absolute atomic E-state index is 11.3. The number of amides is 1. The first-order valence-electron chi connectivity index (χ1n) is 6.20. The van der Waals surface area contributed by atoms with Gasteiger partial charge in [0, 0.05) is 26.0 Å². The standard InChI is InChI=1S/C14H17N5O/c1-19(2)14-16-8-7-10(18-14)9-17-12-6-4-3-5-11(12)13(15)20/h3-8,17H,9H2,1-2H3,(H2,15,20). The van der Waals surface area contributed by atoms with Gasteiger partial charge in [-0.25, -0.2) is 9.97 Å². The fourth-order valence-corrected chi connectivity index (χ4v) is 1.74. The van der Waals surface area contributed by atoms with Crippen molar-refractivity contribution in [2.45, 2.75) is 6.54 Å². The molecule has 20 heavy (non-hydrogen) atoms. The van der Waals surface area contributed by atoms with E-state index in [0.29, 0.717) is 23.7 Å². The highest BCUT2D eigenvalue weighted by molar-refractivity contribution is 5.98. The molecule has 1 aromatic carbocycles. The SMILES string of the molecule is CN(C)c1nccc(CNc2ccccc2C(N)=O)n1. The molecule has 0 aliphatic carbocycles. The molecule has 0 aliphatic rings. The van der Waals surface area contributed by atoms with Crippen LogP contribution in [0.4, 0.5) is 11.6 Å². The van der Waals surface area contributed by atoms with Gasteiger partial charge < -0.3 is 16.0 Å². The van der Waals surface area contributed by atoms with Gasteiger partial charge in [0.2, 0.25) is 5.95 Å². The number of anilines is 2. The second kappa shape index (κ2) is 6.01. The average molecular weight is 271 g/mol. The number of primary amides is 1. The van der Waals surface area contributed by atoms with Gasteiger partial charge in [-0.15, -0.1) is 0 Å². The van der Waals surface area contributed by atoms with Crippen LogP contribution in [0.1, 0.15) is 16.1 Å². The number of nitrogens with two attached hydrogens (primary N) is 1. The summed E-state index contributed by atoms with van der Waals surface area (Å²) >= 11 is 0. The zero-order valence-corrected chi connectivity index (χ0v) is 11.5. The lowest BCUT2D eigenvalue weighted by Crippen LogP contribution is -2.16. The third kappa shape index (κ3) is 3.23. The highest BCUT2D eigenvalue weighted by Gasteiger charge is 2.07. The molecule has 6 nitrogen and oxygen atoms in total. The molecule has 2 aromatic rings. The van der Waals surface area contributed by atoms with E-state index in [1.54, 1.807) is 18.3 Å². The molecule has 1 amide bonds. The smallest absolute Gasteiger partial charge is 0.250 e. The molecule has 6 heteroatoms. The summed E-state index contributed by atoms with van der Waals surface area (Å²) in [5, 5.41) is 3.17. The zero-order valence-electron chi connectivity index (χ0n) is 11.5. The van der Waals surface area contributed by atoms with Gasteiger partial charge in [0.25, 0.3) is 5.91 Å². The summed E-state index contributed by atoms with van der Waals surface area (Å²) in [5.41, 5.74) is 7.34. The summed E-state index contributed by atoms with van der Waals surface area (Å²) in [6, 6.07) is 8.96. The molecule has 1 aromatic heterocycles. The second-order valence-corrected chi connectivity index (χ2v) is 4.51. The largest absolute Gasteiger partial charge is 0.379 e. The molecule has 0 bridgehead atoms. The molecule has 0 saturated heterocycles. The van der Waals surface area contributed by atoms with Crippen molar-refractivity contribution in [1.82, 2.24) is 9.97 Å². The van der Waals surface area contributed by atoms with E-state index in [2.05, 4.69) is 15.3 Å². The minimum atomic E-state index is -0.454. The van der Waals surface area contributed by atoms with Crippen LogP contribution >= 0.6 is 0 Å². The lowest BCUT2D eigenvalue weighted by Gasteiger charge is -2.12. The van der Waals surface area contributed by atoms with E-state index < -0.39 is 5.91 Å². The molecule has 104 valence electrons. The summed E-state index contributed by atoms with van der Waals surface area (Å²) in [4.78, 5) is 21.7. The van der Waals surface area contributed by atoms with E-state index in [-0.39, 0.29) is 0 Å². The van der Waals surface area contributed by atoms with Crippen LogP contribution in [0, 0.1) is 0 Å². The van der Waals surface area contributed by atoms with Crippen molar-refractivity contribution in [1.29, 1.82) is 0 Å². The molecule has 0 radical (unpaired) electrons. The predicted molar refractivity (Wildman–Crippen MR) is 78.6 cm³/mol. The Balaban J connectivity index is 2.13. The van der Waals surface area contributed by atoms with Crippen LogP contribution < -0.4 is 16.0 Å². The van der Waals surface area contributed by atoms with E-state index in [4.69, 9.17) is 5.73 Å². The molecule has 0 unspecified atom stereocenters. The monoisotopic (exact) mass is 271 g/mol. The maximum atomic E-state index is 11.3. The third-order valence-corrected chi connectivity index (χ3v) is 2.75. The first kappa shape index (κ1) is 13.8. The van der Waals surface area contributed by atoms with Crippen LogP contribution in [0.3, 0.4) is 0 Å². The van der Waals surface area contributed by atoms with Crippen LogP contribution in [-0.2, 0) is 6.54 Å². The number of hydrogen-bond acceptors (Lipinski definition) is 5. The highest BCUT2D eigenvalue weighted by atomic mass is 16.1. The molecule has 2 rings (SSSR count). The van der Waals surface area contributed by atoms with Gasteiger partial charge in [-0.05, 0) is 18.2 Å². The Morgan fingerprint density at radius 3 is 2.75 bits per heavy atom. The van der Waals surface area contributed by atoms with Gasteiger partial charge in [-0.1, -0.05) is 12.1 Å². The van der Waals surface area contributed by atoms with E-state index >= 15 is 0 Å². The first-order chi connectivity index (χ1) is 9.58. The summed E-state index contributed by atoms with van der Waals surface area (Å²) in [7, 11) is 3.77. The van der Waals surface area contributed by atoms with Crippen molar-refractivity contribution < 1.29 is 4.79 Å². The van der Waals surface area contributed by atoms with Gasteiger partial charge in [0.05, 0.1) is 17.8 Å². The molecular weight excluding hydrogens is 254 g/mol. The van der Waals surface area contributed by atoms with Crippen molar-refractivity contribution in [2.24, 2.45) is 5.73 Å². The van der Waals surface area contributed by atoms with Crippen LogP contribution in [-0.4, -0.2) is 30.0 Å². The first-order valence-corrected chi connectivity index (χ1v) is 6.20. The van der Waals surface area contributed by atoms with E-state index in [1.807, 2.05) is 37.2 Å². The second-order valence-electron chi connectivity index (χ2n) is 4.51.